The Hall–Kier alpha value is 0.190. The summed E-state index contributed by atoms with van der Waals surface area (Å²) in [7, 11) is -3.44. The Labute approximate surface area is 103 Å². The summed E-state index contributed by atoms with van der Waals surface area (Å²) in [6, 6.07) is 2.88. The number of hydrogen-bond acceptors (Lipinski definition) is 3. The first-order valence-electron chi connectivity index (χ1n) is 4.29. The van der Waals surface area contributed by atoms with E-state index in [4.69, 9.17) is 23.2 Å². The third kappa shape index (κ3) is 3.92. The molecule has 0 amide bonds. The van der Waals surface area contributed by atoms with Gasteiger partial charge in [-0.25, -0.2) is 13.1 Å². The highest BCUT2D eigenvalue weighted by molar-refractivity contribution is 7.91. The summed E-state index contributed by atoms with van der Waals surface area (Å²) in [5.74, 6) is 0.425. The molecule has 1 aromatic rings. The number of alkyl halides is 1. The van der Waals surface area contributed by atoms with Crippen molar-refractivity contribution in [1.82, 2.24) is 4.72 Å². The number of sulfonamides is 1. The smallest absolute Gasteiger partial charge is 0.208 e. The molecule has 0 bridgehead atoms. The molecular weight excluding hydrogens is 277 g/mol. The third-order valence-corrected chi connectivity index (χ3v) is 5.24. The number of rotatable bonds is 5. The van der Waals surface area contributed by atoms with Crippen molar-refractivity contribution in [3.63, 3.8) is 0 Å². The van der Waals surface area contributed by atoms with E-state index in [1.165, 1.54) is 6.07 Å². The van der Waals surface area contributed by atoms with E-state index in [-0.39, 0.29) is 10.3 Å². The lowest BCUT2D eigenvalue weighted by atomic mass is 10.3. The van der Waals surface area contributed by atoms with Crippen LogP contribution in [0.5, 0.6) is 0 Å². The van der Waals surface area contributed by atoms with Crippen LogP contribution in [0.4, 0.5) is 0 Å². The summed E-state index contributed by atoms with van der Waals surface area (Å²) >= 11 is 12.2. The van der Waals surface area contributed by atoms with Crippen molar-refractivity contribution in [1.29, 1.82) is 0 Å². The van der Waals surface area contributed by atoms with E-state index in [0.29, 0.717) is 16.6 Å². The van der Waals surface area contributed by atoms with Crippen molar-refractivity contribution in [3.05, 3.63) is 16.5 Å². The molecule has 1 N–H and O–H groups in total. The summed E-state index contributed by atoms with van der Waals surface area (Å²) < 4.78 is 26.7. The lowest BCUT2D eigenvalue weighted by Crippen LogP contribution is -2.32. The van der Waals surface area contributed by atoms with Crippen LogP contribution < -0.4 is 4.72 Å². The zero-order chi connectivity index (χ0) is 11.5. The Morgan fingerprint density at radius 3 is 2.67 bits per heavy atom. The minimum atomic E-state index is -3.44. The van der Waals surface area contributed by atoms with E-state index in [1.54, 1.807) is 13.0 Å². The molecular formula is C8H11Cl2NO2S2. The van der Waals surface area contributed by atoms with Crippen LogP contribution in [-0.2, 0) is 10.0 Å². The van der Waals surface area contributed by atoms with E-state index < -0.39 is 10.0 Å². The molecule has 7 heteroatoms. The van der Waals surface area contributed by atoms with Gasteiger partial charge in [-0.1, -0.05) is 11.6 Å². The molecule has 1 unspecified atom stereocenters. The van der Waals surface area contributed by atoms with Crippen LogP contribution in [-0.4, -0.2) is 20.3 Å². The van der Waals surface area contributed by atoms with E-state index in [2.05, 4.69) is 4.72 Å². The molecule has 1 heterocycles. The van der Waals surface area contributed by atoms with Gasteiger partial charge in [0.15, 0.2) is 0 Å². The second-order valence-corrected chi connectivity index (χ2v) is 7.09. The van der Waals surface area contributed by atoms with Crippen LogP contribution >= 0.6 is 34.5 Å². The first-order chi connectivity index (χ1) is 6.95. The maximum Gasteiger partial charge on any atom is 0.250 e. The third-order valence-electron chi connectivity index (χ3n) is 1.71. The van der Waals surface area contributed by atoms with Gasteiger partial charge in [0.1, 0.15) is 4.21 Å². The van der Waals surface area contributed by atoms with Gasteiger partial charge in [0.2, 0.25) is 10.0 Å². The molecule has 0 fully saturated rings. The fourth-order valence-corrected chi connectivity index (χ4v) is 4.09. The highest BCUT2D eigenvalue weighted by atomic mass is 35.5. The molecule has 0 radical (unpaired) electrons. The fourth-order valence-electron chi connectivity index (χ4n) is 0.988. The van der Waals surface area contributed by atoms with Crippen molar-refractivity contribution in [3.8, 4) is 0 Å². The molecule has 1 atom stereocenters. The Bertz CT molecular complexity index is 416. The van der Waals surface area contributed by atoms with Crippen LogP contribution in [0, 0.1) is 0 Å². The second kappa shape index (κ2) is 5.50. The normalized spacial score (nSPS) is 14.1. The van der Waals surface area contributed by atoms with Gasteiger partial charge in [-0.05, 0) is 25.5 Å². The summed E-state index contributed by atoms with van der Waals surface area (Å²) in [6.07, 6.45) is 0.597. The highest BCUT2D eigenvalue weighted by Crippen LogP contribution is 2.25. The Morgan fingerprint density at radius 1 is 1.53 bits per heavy atom. The minimum absolute atomic E-state index is 0.173. The van der Waals surface area contributed by atoms with Gasteiger partial charge < -0.3 is 0 Å². The predicted octanol–water partition coefficient (Wildman–Crippen LogP) is 2.70. The molecule has 0 aliphatic heterocycles. The Balaban J connectivity index is 2.76. The summed E-state index contributed by atoms with van der Waals surface area (Å²) in [4.78, 5) is 0. The number of halogens is 2. The fraction of sp³-hybridized carbons (Fsp3) is 0.500. The average molecular weight is 288 g/mol. The number of thiophene rings is 1. The zero-order valence-corrected chi connectivity index (χ0v) is 11.2. The van der Waals surface area contributed by atoms with Gasteiger partial charge >= 0.3 is 0 Å². The van der Waals surface area contributed by atoms with Crippen molar-refractivity contribution >= 4 is 44.6 Å². The monoisotopic (exact) mass is 287 g/mol. The zero-order valence-electron chi connectivity index (χ0n) is 8.04. The average Bonchev–Trinajstić information content (AvgIpc) is 2.51. The largest absolute Gasteiger partial charge is 0.250 e. The number of nitrogens with one attached hydrogen (secondary N) is 1. The SMILES string of the molecule is CC(CCCl)NS(=O)(=O)c1ccc(Cl)s1. The lowest BCUT2D eigenvalue weighted by Gasteiger charge is -2.11. The molecule has 0 saturated heterocycles. The van der Waals surface area contributed by atoms with Gasteiger partial charge in [-0.15, -0.1) is 22.9 Å². The van der Waals surface area contributed by atoms with Gasteiger partial charge in [-0.2, -0.15) is 0 Å². The van der Waals surface area contributed by atoms with Gasteiger partial charge in [0.25, 0.3) is 0 Å². The maximum atomic E-state index is 11.7. The van der Waals surface area contributed by atoms with Gasteiger partial charge in [0, 0.05) is 11.9 Å². The van der Waals surface area contributed by atoms with Crippen LogP contribution in [0.15, 0.2) is 16.3 Å². The van der Waals surface area contributed by atoms with Crippen LogP contribution in [0.2, 0.25) is 4.34 Å². The van der Waals surface area contributed by atoms with Gasteiger partial charge in [0.05, 0.1) is 4.34 Å². The molecule has 0 aliphatic rings. The molecule has 3 nitrogen and oxygen atoms in total. The van der Waals surface area contributed by atoms with Crippen LogP contribution in [0.3, 0.4) is 0 Å². The van der Waals surface area contributed by atoms with Gasteiger partial charge in [-0.3, -0.25) is 0 Å². The summed E-state index contributed by atoms with van der Waals surface area (Å²) in [5.41, 5.74) is 0. The van der Waals surface area contributed by atoms with E-state index >= 15 is 0 Å². The van der Waals surface area contributed by atoms with E-state index in [0.717, 1.165) is 11.3 Å². The molecule has 0 aromatic carbocycles. The Kier molecular flexibility index (Phi) is 4.86. The van der Waals surface area contributed by atoms with Crippen molar-refractivity contribution in [2.24, 2.45) is 0 Å². The predicted molar refractivity (Wildman–Crippen MR) is 64.4 cm³/mol. The minimum Gasteiger partial charge on any atom is -0.208 e. The molecule has 86 valence electrons. The maximum absolute atomic E-state index is 11.7. The molecule has 0 spiro atoms. The highest BCUT2D eigenvalue weighted by Gasteiger charge is 2.18. The van der Waals surface area contributed by atoms with Crippen LogP contribution in [0.1, 0.15) is 13.3 Å². The number of hydrogen-bond donors (Lipinski definition) is 1. The topological polar surface area (TPSA) is 46.2 Å². The standard InChI is InChI=1S/C8H11Cl2NO2S2/c1-6(4-5-9)11-15(12,13)8-3-2-7(10)14-8/h2-3,6,11H,4-5H2,1H3. The Morgan fingerprint density at radius 2 is 2.20 bits per heavy atom. The molecule has 0 aliphatic carbocycles. The lowest BCUT2D eigenvalue weighted by molar-refractivity contribution is 0.558. The molecule has 0 saturated carbocycles. The van der Waals surface area contributed by atoms with E-state index in [9.17, 15) is 8.42 Å². The first-order valence-corrected chi connectivity index (χ1v) is 7.50. The van der Waals surface area contributed by atoms with Crippen molar-refractivity contribution in [2.45, 2.75) is 23.6 Å². The van der Waals surface area contributed by atoms with Crippen molar-refractivity contribution in [2.75, 3.05) is 5.88 Å². The van der Waals surface area contributed by atoms with Crippen LogP contribution in [0.25, 0.3) is 0 Å². The summed E-state index contributed by atoms with van der Waals surface area (Å²) in [6.45, 7) is 1.77. The molecule has 15 heavy (non-hydrogen) atoms. The first kappa shape index (κ1) is 13.3. The summed E-state index contributed by atoms with van der Waals surface area (Å²) in [5, 5.41) is 0. The van der Waals surface area contributed by atoms with E-state index in [1.807, 2.05) is 0 Å². The molecule has 1 aromatic heterocycles. The quantitative estimate of drug-likeness (QED) is 0.847. The molecule has 1 rings (SSSR count). The second-order valence-electron chi connectivity index (χ2n) is 3.06. The van der Waals surface area contributed by atoms with Crippen molar-refractivity contribution < 1.29 is 8.42 Å².